The zero-order valence-corrected chi connectivity index (χ0v) is 12.7. The minimum atomic E-state index is -0.234. The molecule has 5 heteroatoms. The van der Waals surface area contributed by atoms with Gasteiger partial charge in [-0.05, 0) is 49.0 Å². The van der Waals surface area contributed by atoms with Crippen molar-refractivity contribution in [1.29, 1.82) is 0 Å². The van der Waals surface area contributed by atoms with Gasteiger partial charge in [-0.2, -0.15) is 5.10 Å². The topological polar surface area (TPSA) is 44.1 Å². The van der Waals surface area contributed by atoms with Crippen LogP contribution in [0, 0.1) is 0 Å². The van der Waals surface area contributed by atoms with Crippen molar-refractivity contribution >= 4 is 21.7 Å². The molecule has 0 amide bonds. The molecule has 18 heavy (non-hydrogen) atoms. The summed E-state index contributed by atoms with van der Waals surface area (Å²) in [6.07, 6.45) is 5.23. The molecular formula is C13H19BrN2O2. The number of aromatic nitrogens is 2. The van der Waals surface area contributed by atoms with E-state index in [1.807, 2.05) is 13.8 Å². The molecule has 1 heterocycles. The number of ketones is 1. The largest absolute Gasteiger partial charge is 0.378 e. The number of hydrogen-bond acceptors (Lipinski definition) is 3. The Morgan fingerprint density at radius 2 is 2.28 bits per heavy atom. The van der Waals surface area contributed by atoms with Crippen LogP contribution in [0.1, 0.15) is 56.1 Å². The standard InChI is InChI=1S/C13H19BrN2O2/c1-9(2)16-12(10(14)8-15-16)11(17)7-13(18-3)5-4-6-13/h8-9H,4-7H2,1-3H3. The molecule has 1 saturated carbocycles. The predicted molar refractivity (Wildman–Crippen MR) is 72.9 cm³/mol. The lowest BCUT2D eigenvalue weighted by atomic mass is 9.76. The Hall–Kier alpha value is -0.680. The molecule has 0 aliphatic heterocycles. The summed E-state index contributed by atoms with van der Waals surface area (Å²) in [7, 11) is 1.70. The number of rotatable bonds is 5. The van der Waals surface area contributed by atoms with Crippen molar-refractivity contribution < 1.29 is 9.53 Å². The van der Waals surface area contributed by atoms with Crippen LogP contribution in [0.4, 0.5) is 0 Å². The second kappa shape index (κ2) is 5.13. The Morgan fingerprint density at radius 1 is 1.61 bits per heavy atom. The molecule has 2 rings (SSSR count). The Balaban J connectivity index is 2.21. The molecule has 1 fully saturated rings. The Bertz CT molecular complexity index is 444. The lowest BCUT2D eigenvalue weighted by molar-refractivity contribution is -0.0706. The Labute approximate surface area is 116 Å². The Morgan fingerprint density at radius 3 is 2.72 bits per heavy atom. The van der Waals surface area contributed by atoms with Gasteiger partial charge in [0.05, 0.1) is 16.3 Å². The molecule has 0 radical (unpaired) electrons. The zero-order valence-electron chi connectivity index (χ0n) is 11.1. The summed E-state index contributed by atoms with van der Waals surface area (Å²) >= 11 is 3.41. The summed E-state index contributed by atoms with van der Waals surface area (Å²) in [6.45, 7) is 4.04. The molecule has 0 bridgehead atoms. The number of carbonyl (C=O) groups excluding carboxylic acids is 1. The van der Waals surface area contributed by atoms with Crippen LogP contribution in [-0.2, 0) is 4.74 Å². The van der Waals surface area contributed by atoms with E-state index < -0.39 is 0 Å². The molecule has 1 aromatic rings. The highest BCUT2D eigenvalue weighted by Gasteiger charge is 2.40. The van der Waals surface area contributed by atoms with Gasteiger partial charge >= 0.3 is 0 Å². The number of Topliss-reactive ketones (excluding diaryl/α,β-unsaturated/α-hetero) is 1. The molecule has 1 aliphatic carbocycles. The molecule has 0 spiro atoms. The fourth-order valence-corrected chi connectivity index (χ4v) is 2.89. The van der Waals surface area contributed by atoms with Gasteiger partial charge in [0.15, 0.2) is 5.78 Å². The summed E-state index contributed by atoms with van der Waals surface area (Å²) in [6, 6.07) is 0.176. The van der Waals surface area contributed by atoms with Crippen LogP contribution in [0.5, 0.6) is 0 Å². The maximum Gasteiger partial charge on any atom is 0.184 e. The van der Waals surface area contributed by atoms with E-state index in [1.54, 1.807) is 18.0 Å². The number of methoxy groups -OCH3 is 1. The first-order valence-corrected chi connectivity index (χ1v) is 7.10. The molecule has 4 nitrogen and oxygen atoms in total. The lowest BCUT2D eigenvalue weighted by Crippen LogP contribution is -2.41. The molecule has 0 saturated heterocycles. The normalized spacial score (nSPS) is 17.8. The first kappa shape index (κ1) is 13.7. The smallest absolute Gasteiger partial charge is 0.184 e. The predicted octanol–water partition coefficient (Wildman–Crippen LogP) is 3.37. The first-order valence-electron chi connectivity index (χ1n) is 6.30. The van der Waals surface area contributed by atoms with Crippen molar-refractivity contribution in [2.45, 2.75) is 51.2 Å². The van der Waals surface area contributed by atoms with Gasteiger partial charge in [0.1, 0.15) is 5.69 Å². The van der Waals surface area contributed by atoms with Crippen LogP contribution < -0.4 is 0 Å². The molecule has 0 unspecified atom stereocenters. The van der Waals surface area contributed by atoms with Crippen molar-refractivity contribution in [3.63, 3.8) is 0 Å². The van der Waals surface area contributed by atoms with Crippen molar-refractivity contribution in [1.82, 2.24) is 9.78 Å². The average molecular weight is 315 g/mol. The van der Waals surface area contributed by atoms with Crippen LogP contribution in [0.15, 0.2) is 10.7 Å². The second-order valence-corrected chi connectivity index (χ2v) is 6.07. The number of ether oxygens (including phenoxy) is 1. The third-order valence-corrected chi connectivity index (χ3v) is 4.26. The lowest BCUT2D eigenvalue weighted by Gasteiger charge is -2.40. The van der Waals surface area contributed by atoms with E-state index in [4.69, 9.17) is 4.74 Å². The van der Waals surface area contributed by atoms with Crippen LogP contribution >= 0.6 is 15.9 Å². The van der Waals surface area contributed by atoms with E-state index in [0.717, 1.165) is 23.7 Å². The van der Waals surface area contributed by atoms with E-state index in [-0.39, 0.29) is 17.4 Å². The molecular weight excluding hydrogens is 296 g/mol. The van der Waals surface area contributed by atoms with E-state index in [2.05, 4.69) is 21.0 Å². The number of hydrogen-bond donors (Lipinski definition) is 0. The van der Waals surface area contributed by atoms with Crippen LogP contribution in [0.2, 0.25) is 0 Å². The minimum absolute atomic E-state index is 0.106. The molecule has 0 atom stereocenters. The van der Waals surface area contributed by atoms with E-state index >= 15 is 0 Å². The van der Waals surface area contributed by atoms with Gasteiger partial charge in [-0.15, -0.1) is 0 Å². The van der Waals surface area contributed by atoms with E-state index in [9.17, 15) is 4.79 Å². The van der Waals surface area contributed by atoms with Crippen molar-refractivity contribution in [3.8, 4) is 0 Å². The SMILES string of the molecule is COC1(CC(=O)c2c(Br)cnn2C(C)C)CCC1. The first-order chi connectivity index (χ1) is 8.49. The maximum atomic E-state index is 12.4. The van der Waals surface area contributed by atoms with Gasteiger partial charge in [0.2, 0.25) is 0 Å². The third-order valence-electron chi connectivity index (χ3n) is 3.68. The highest BCUT2D eigenvalue weighted by Crippen LogP contribution is 2.39. The number of carbonyl (C=O) groups is 1. The quantitative estimate of drug-likeness (QED) is 0.783. The summed E-state index contributed by atoms with van der Waals surface area (Å²) in [4.78, 5) is 12.4. The molecule has 0 aromatic carbocycles. The number of halogens is 1. The highest BCUT2D eigenvalue weighted by molar-refractivity contribution is 9.10. The fraction of sp³-hybridized carbons (Fsp3) is 0.692. The maximum absolute atomic E-state index is 12.4. The van der Waals surface area contributed by atoms with Crippen LogP contribution in [-0.4, -0.2) is 28.3 Å². The van der Waals surface area contributed by atoms with E-state index in [0.29, 0.717) is 12.1 Å². The van der Waals surface area contributed by atoms with Gasteiger partial charge in [0, 0.05) is 19.6 Å². The Kier molecular flexibility index (Phi) is 3.92. The van der Waals surface area contributed by atoms with Gasteiger partial charge in [0.25, 0.3) is 0 Å². The minimum Gasteiger partial charge on any atom is -0.378 e. The van der Waals surface area contributed by atoms with Crippen molar-refractivity contribution in [3.05, 3.63) is 16.4 Å². The molecule has 100 valence electrons. The van der Waals surface area contributed by atoms with Gasteiger partial charge < -0.3 is 4.74 Å². The zero-order chi connectivity index (χ0) is 13.3. The molecule has 1 aliphatic rings. The van der Waals surface area contributed by atoms with Crippen molar-refractivity contribution in [2.75, 3.05) is 7.11 Å². The van der Waals surface area contributed by atoms with Gasteiger partial charge in [-0.25, -0.2) is 0 Å². The molecule has 0 N–H and O–H groups in total. The third kappa shape index (κ3) is 2.38. The summed E-state index contributed by atoms with van der Waals surface area (Å²) in [5, 5.41) is 4.24. The van der Waals surface area contributed by atoms with E-state index in [1.165, 1.54) is 0 Å². The van der Waals surface area contributed by atoms with Gasteiger partial charge in [-0.1, -0.05) is 0 Å². The van der Waals surface area contributed by atoms with Crippen LogP contribution in [0.3, 0.4) is 0 Å². The number of nitrogens with zero attached hydrogens (tertiary/aromatic N) is 2. The molecule has 1 aromatic heterocycles. The average Bonchev–Trinajstić information content (AvgIpc) is 2.65. The second-order valence-electron chi connectivity index (χ2n) is 5.22. The summed E-state index contributed by atoms with van der Waals surface area (Å²) in [5.74, 6) is 0.106. The van der Waals surface area contributed by atoms with Gasteiger partial charge in [-0.3, -0.25) is 9.48 Å². The fourth-order valence-electron chi connectivity index (χ4n) is 2.39. The monoisotopic (exact) mass is 314 g/mol. The van der Waals surface area contributed by atoms with Crippen molar-refractivity contribution in [2.24, 2.45) is 0 Å². The van der Waals surface area contributed by atoms with Crippen LogP contribution in [0.25, 0.3) is 0 Å². The highest BCUT2D eigenvalue weighted by atomic mass is 79.9. The summed E-state index contributed by atoms with van der Waals surface area (Å²) in [5.41, 5.74) is 0.427. The summed E-state index contributed by atoms with van der Waals surface area (Å²) < 4.78 is 8.06.